The van der Waals surface area contributed by atoms with Gasteiger partial charge in [0.25, 0.3) is 5.91 Å². The first-order valence-electron chi connectivity index (χ1n) is 9.22. The van der Waals surface area contributed by atoms with E-state index in [-0.39, 0.29) is 17.2 Å². The predicted octanol–water partition coefficient (Wildman–Crippen LogP) is 4.70. The summed E-state index contributed by atoms with van der Waals surface area (Å²) in [6.45, 7) is 2.01. The van der Waals surface area contributed by atoms with Crippen LogP contribution in [-0.4, -0.2) is 28.1 Å². The zero-order chi connectivity index (χ0) is 21.1. The summed E-state index contributed by atoms with van der Waals surface area (Å²) in [7, 11) is 1.41. The number of benzene rings is 2. The molecule has 2 aromatic carbocycles. The molecule has 0 spiro atoms. The number of aromatic nitrogens is 2. The number of pyridine rings is 2. The molecule has 2 N–H and O–H groups in total. The first kappa shape index (κ1) is 19.2. The fourth-order valence-electron chi connectivity index (χ4n) is 2.93. The molecule has 30 heavy (non-hydrogen) atoms. The molecule has 0 aliphatic carbocycles. The van der Waals surface area contributed by atoms with Gasteiger partial charge in [0.2, 0.25) is 5.88 Å². The molecule has 4 rings (SSSR count). The van der Waals surface area contributed by atoms with E-state index < -0.39 is 5.91 Å². The van der Waals surface area contributed by atoms with Crippen molar-refractivity contribution in [1.82, 2.24) is 9.97 Å². The average molecular weight is 401 g/mol. The van der Waals surface area contributed by atoms with Gasteiger partial charge in [-0.1, -0.05) is 17.7 Å². The van der Waals surface area contributed by atoms with Gasteiger partial charge in [0.05, 0.1) is 12.6 Å². The molecule has 2 heterocycles. The minimum absolute atomic E-state index is 0.116. The zero-order valence-electron chi connectivity index (χ0n) is 16.4. The van der Waals surface area contributed by atoms with E-state index in [0.29, 0.717) is 17.3 Å². The Labute approximate surface area is 172 Å². The summed E-state index contributed by atoms with van der Waals surface area (Å²) < 4.78 is 10.8. The normalized spacial score (nSPS) is 10.6. The molecule has 2 aromatic heterocycles. The summed E-state index contributed by atoms with van der Waals surface area (Å²) >= 11 is 0. The maximum absolute atomic E-state index is 12.5. The second kappa shape index (κ2) is 8.08. The van der Waals surface area contributed by atoms with E-state index in [0.717, 1.165) is 16.5 Å². The van der Waals surface area contributed by atoms with Gasteiger partial charge in [-0.25, -0.2) is 9.97 Å². The number of ether oxygens (including phenoxy) is 2. The van der Waals surface area contributed by atoms with Gasteiger partial charge in [-0.3, -0.25) is 4.79 Å². The number of fused-ring (bicyclic) bond motifs is 1. The Morgan fingerprint density at radius 3 is 2.60 bits per heavy atom. The number of aromatic hydroxyl groups is 1. The second-order valence-electron chi connectivity index (χ2n) is 6.64. The first-order valence-corrected chi connectivity index (χ1v) is 9.22. The number of nitrogens with one attached hydrogen (secondary N) is 1. The Bertz CT molecular complexity index is 1220. The number of methoxy groups -OCH3 is 1. The summed E-state index contributed by atoms with van der Waals surface area (Å²) in [5.74, 6) is 0.519. The molecule has 7 heteroatoms. The van der Waals surface area contributed by atoms with E-state index in [1.54, 1.807) is 24.3 Å². The molecule has 0 fully saturated rings. The van der Waals surface area contributed by atoms with Gasteiger partial charge in [-0.15, -0.1) is 0 Å². The van der Waals surface area contributed by atoms with Crippen molar-refractivity contribution in [1.29, 1.82) is 0 Å². The summed E-state index contributed by atoms with van der Waals surface area (Å²) in [5, 5.41) is 13.7. The molecule has 4 aromatic rings. The highest BCUT2D eigenvalue weighted by Gasteiger charge is 2.17. The molecule has 0 saturated heterocycles. The fourth-order valence-corrected chi connectivity index (χ4v) is 2.93. The molecule has 0 bridgehead atoms. The van der Waals surface area contributed by atoms with Crippen molar-refractivity contribution < 1.29 is 19.4 Å². The lowest BCUT2D eigenvalue weighted by Gasteiger charge is -2.10. The van der Waals surface area contributed by atoms with Gasteiger partial charge in [0, 0.05) is 29.4 Å². The number of anilines is 1. The number of carbonyl (C=O) groups excluding carboxylic acids is 1. The lowest BCUT2D eigenvalue weighted by atomic mass is 10.2. The molecular weight excluding hydrogens is 382 g/mol. The van der Waals surface area contributed by atoms with Crippen molar-refractivity contribution in [3.8, 4) is 23.1 Å². The SMILES string of the molecule is COc1ccnc(C(=O)Nc2ccc3nc(Oc4ccc(C)cc4)ccc3c2)c1O. The number of amides is 1. The van der Waals surface area contributed by atoms with Crippen LogP contribution in [0.2, 0.25) is 0 Å². The third-order valence-corrected chi connectivity index (χ3v) is 4.49. The molecule has 0 atom stereocenters. The van der Waals surface area contributed by atoms with Crippen LogP contribution in [0.4, 0.5) is 5.69 Å². The molecule has 0 unspecified atom stereocenters. The van der Waals surface area contributed by atoms with Crippen molar-refractivity contribution >= 4 is 22.5 Å². The van der Waals surface area contributed by atoms with E-state index in [1.165, 1.54) is 19.4 Å². The summed E-state index contributed by atoms with van der Waals surface area (Å²) in [4.78, 5) is 20.9. The van der Waals surface area contributed by atoms with Crippen LogP contribution in [0.25, 0.3) is 10.9 Å². The monoisotopic (exact) mass is 401 g/mol. The predicted molar refractivity (Wildman–Crippen MR) is 113 cm³/mol. The molecule has 150 valence electrons. The van der Waals surface area contributed by atoms with E-state index in [9.17, 15) is 9.90 Å². The Morgan fingerprint density at radius 1 is 1.03 bits per heavy atom. The molecule has 1 amide bonds. The van der Waals surface area contributed by atoms with Gasteiger partial charge in [0.15, 0.2) is 17.2 Å². The maximum atomic E-state index is 12.5. The topological polar surface area (TPSA) is 93.6 Å². The molecule has 0 saturated carbocycles. The number of carbonyl (C=O) groups is 1. The van der Waals surface area contributed by atoms with Crippen molar-refractivity contribution in [2.45, 2.75) is 6.92 Å². The summed E-state index contributed by atoms with van der Waals surface area (Å²) in [5.41, 5.74) is 2.31. The standard InChI is InChI=1S/C23H19N3O4/c1-14-3-7-17(8-4-14)30-20-10-5-15-13-16(6-9-18(15)26-20)25-23(28)21-22(27)19(29-2)11-12-24-21/h3-13,27H,1-2H3,(H,25,28). The van der Waals surface area contributed by atoms with Gasteiger partial charge in [0.1, 0.15) is 5.75 Å². The van der Waals surface area contributed by atoms with Crippen LogP contribution in [0.5, 0.6) is 23.1 Å². The number of hydrogen-bond acceptors (Lipinski definition) is 6. The third-order valence-electron chi connectivity index (χ3n) is 4.49. The molecule has 7 nitrogen and oxygen atoms in total. The Hall–Kier alpha value is -4.13. The minimum atomic E-state index is -0.543. The van der Waals surface area contributed by atoms with Crippen molar-refractivity contribution in [3.05, 3.63) is 78.1 Å². The van der Waals surface area contributed by atoms with Gasteiger partial charge >= 0.3 is 0 Å². The summed E-state index contributed by atoms with van der Waals surface area (Å²) in [6.07, 6.45) is 1.40. The number of nitrogens with zero attached hydrogens (tertiary/aromatic N) is 2. The Kier molecular flexibility index (Phi) is 5.17. The Balaban J connectivity index is 1.54. The van der Waals surface area contributed by atoms with Crippen molar-refractivity contribution in [2.24, 2.45) is 0 Å². The summed E-state index contributed by atoms with van der Waals surface area (Å²) in [6, 6.07) is 18.1. The van der Waals surface area contributed by atoms with Gasteiger partial charge < -0.3 is 19.9 Å². The molecule has 0 aliphatic rings. The average Bonchev–Trinajstić information content (AvgIpc) is 2.75. The lowest BCUT2D eigenvalue weighted by Crippen LogP contribution is -2.14. The highest BCUT2D eigenvalue weighted by molar-refractivity contribution is 6.05. The maximum Gasteiger partial charge on any atom is 0.278 e. The first-order chi connectivity index (χ1) is 14.5. The molecule has 0 radical (unpaired) electrons. The van der Waals surface area contributed by atoms with Crippen LogP contribution in [0.15, 0.2) is 66.9 Å². The lowest BCUT2D eigenvalue weighted by molar-refractivity contribution is 0.101. The highest BCUT2D eigenvalue weighted by Crippen LogP contribution is 2.29. The van der Waals surface area contributed by atoms with Crippen molar-refractivity contribution in [2.75, 3.05) is 12.4 Å². The largest absolute Gasteiger partial charge is 0.503 e. The highest BCUT2D eigenvalue weighted by atomic mass is 16.5. The van der Waals surface area contributed by atoms with Crippen LogP contribution in [0, 0.1) is 6.92 Å². The Morgan fingerprint density at radius 2 is 1.83 bits per heavy atom. The van der Waals surface area contributed by atoms with Crippen LogP contribution in [0.1, 0.15) is 16.1 Å². The van der Waals surface area contributed by atoms with E-state index >= 15 is 0 Å². The number of hydrogen-bond donors (Lipinski definition) is 2. The number of aryl methyl sites for hydroxylation is 1. The smallest absolute Gasteiger partial charge is 0.278 e. The van der Waals surface area contributed by atoms with Gasteiger partial charge in [-0.2, -0.15) is 0 Å². The van der Waals surface area contributed by atoms with E-state index in [2.05, 4.69) is 15.3 Å². The van der Waals surface area contributed by atoms with Crippen LogP contribution < -0.4 is 14.8 Å². The third kappa shape index (κ3) is 4.00. The van der Waals surface area contributed by atoms with Crippen LogP contribution >= 0.6 is 0 Å². The van der Waals surface area contributed by atoms with Crippen LogP contribution in [-0.2, 0) is 0 Å². The van der Waals surface area contributed by atoms with Crippen LogP contribution in [0.3, 0.4) is 0 Å². The molecular formula is C23H19N3O4. The fraction of sp³-hybridized carbons (Fsp3) is 0.0870. The van der Waals surface area contributed by atoms with E-state index in [4.69, 9.17) is 9.47 Å². The zero-order valence-corrected chi connectivity index (χ0v) is 16.4. The minimum Gasteiger partial charge on any atom is -0.503 e. The number of rotatable bonds is 5. The van der Waals surface area contributed by atoms with Gasteiger partial charge in [-0.05, 0) is 43.3 Å². The second-order valence-corrected chi connectivity index (χ2v) is 6.64. The quantitative estimate of drug-likeness (QED) is 0.504. The van der Waals surface area contributed by atoms with Crippen molar-refractivity contribution in [3.63, 3.8) is 0 Å². The molecule has 0 aliphatic heterocycles. The van der Waals surface area contributed by atoms with E-state index in [1.807, 2.05) is 37.3 Å².